The molecule has 0 saturated carbocycles. The molecule has 1 atom stereocenters. The maximum absolute atomic E-state index is 5.84. The van der Waals surface area contributed by atoms with Crippen LogP contribution in [0.15, 0.2) is 24.3 Å². The first-order valence-corrected chi connectivity index (χ1v) is 8.56. The number of halogens is 2. The van der Waals surface area contributed by atoms with E-state index in [4.69, 9.17) is 15.5 Å². The van der Waals surface area contributed by atoms with Gasteiger partial charge in [-0.15, -0.1) is 24.8 Å². The van der Waals surface area contributed by atoms with Crippen molar-refractivity contribution in [2.24, 2.45) is 5.73 Å². The molecule has 1 aromatic heterocycles. The molecule has 0 radical (unpaired) electrons. The number of para-hydroxylation sites is 1. The zero-order chi connectivity index (χ0) is 16.1. The minimum atomic E-state index is 0. The molecule has 1 unspecified atom stereocenters. The van der Waals surface area contributed by atoms with Gasteiger partial charge in [-0.05, 0) is 44.4 Å². The normalized spacial score (nSPS) is 16.8. The van der Waals surface area contributed by atoms with Crippen molar-refractivity contribution < 1.29 is 4.74 Å². The molecule has 0 aliphatic carbocycles. The molecule has 1 aliphatic heterocycles. The average Bonchev–Trinajstić information content (AvgIpc) is 2.60. The third-order valence-electron chi connectivity index (χ3n) is 4.42. The molecular formula is C18H28Cl2N4O. The fourth-order valence-electron chi connectivity index (χ4n) is 3.12. The molecule has 140 valence electrons. The lowest BCUT2D eigenvalue weighted by atomic mass is 10.1. The van der Waals surface area contributed by atoms with Crippen molar-refractivity contribution in [3.63, 3.8) is 0 Å². The maximum atomic E-state index is 5.84. The number of aromatic nitrogens is 2. The van der Waals surface area contributed by atoms with Gasteiger partial charge in [0.2, 0.25) is 0 Å². The summed E-state index contributed by atoms with van der Waals surface area (Å²) in [5, 5.41) is 1.10. The monoisotopic (exact) mass is 386 g/mol. The smallest absolute Gasteiger partial charge is 0.139 e. The minimum Gasteiger partial charge on any atom is -0.378 e. The minimum absolute atomic E-state index is 0. The van der Waals surface area contributed by atoms with Crippen LogP contribution in [0.5, 0.6) is 0 Å². The van der Waals surface area contributed by atoms with Crippen molar-refractivity contribution in [2.45, 2.75) is 38.2 Å². The van der Waals surface area contributed by atoms with E-state index in [0.717, 1.165) is 42.1 Å². The van der Waals surface area contributed by atoms with Gasteiger partial charge in [0.05, 0.1) is 11.6 Å². The first-order chi connectivity index (χ1) is 11.3. The van der Waals surface area contributed by atoms with E-state index in [1.54, 1.807) is 0 Å². The molecule has 1 aromatic carbocycles. The Morgan fingerprint density at radius 1 is 1.20 bits per heavy atom. The van der Waals surface area contributed by atoms with Crippen LogP contribution in [0.1, 0.15) is 31.5 Å². The van der Waals surface area contributed by atoms with Gasteiger partial charge in [0.25, 0.3) is 0 Å². The average molecular weight is 387 g/mol. The highest BCUT2D eigenvalue weighted by atomic mass is 35.5. The highest BCUT2D eigenvalue weighted by molar-refractivity contribution is 5.89. The Labute approximate surface area is 162 Å². The van der Waals surface area contributed by atoms with Crippen molar-refractivity contribution in [3.8, 4) is 0 Å². The SMILES string of the molecule is CN(CCC1CCCCO1)c1nc(CCN)nc2ccccc12.Cl.Cl. The van der Waals surface area contributed by atoms with Crippen molar-refractivity contribution in [1.29, 1.82) is 0 Å². The van der Waals surface area contributed by atoms with Crippen molar-refractivity contribution in [1.82, 2.24) is 9.97 Å². The summed E-state index contributed by atoms with van der Waals surface area (Å²) in [6.45, 7) is 2.41. The lowest BCUT2D eigenvalue weighted by Gasteiger charge is -2.26. The van der Waals surface area contributed by atoms with Crippen LogP contribution >= 0.6 is 24.8 Å². The van der Waals surface area contributed by atoms with Crippen molar-refractivity contribution in [3.05, 3.63) is 30.1 Å². The molecule has 0 spiro atoms. The van der Waals surface area contributed by atoms with Crippen LogP contribution in [0.2, 0.25) is 0 Å². The Kier molecular flexibility index (Phi) is 9.43. The zero-order valence-corrected chi connectivity index (χ0v) is 16.3. The first-order valence-electron chi connectivity index (χ1n) is 8.56. The van der Waals surface area contributed by atoms with Gasteiger partial charge >= 0.3 is 0 Å². The second kappa shape index (κ2) is 10.8. The molecule has 0 bridgehead atoms. The molecule has 1 aliphatic rings. The third kappa shape index (κ3) is 5.68. The van der Waals surface area contributed by atoms with Crippen LogP contribution < -0.4 is 10.6 Å². The number of ether oxygens (including phenoxy) is 1. The summed E-state index contributed by atoms with van der Waals surface area (Å²) >= 11 is 0. The lowest BCUT2D eigenvalue weighted by Crippen LogP contribution is -2.27. The molecule has 7 heteroatoms. The molecule has 25 heavy (non-hydrogen) atoms. The first kappa shape index (κ1) is 21.9. The third-order valence-corrected chi connectivity index (χ3v) is 4.42. The Bertz CT molecular complexity index is 650. The van der Waals surface area contributed by atoms with Crippen LogP contribution in [0, 0.1) is 0 Å². The number of anilines is 1. The van der Waals surface area contributed by atoms with E-state index in [2.05, 4.69) is 23.0 Å². The number of nitrogens with two attached hydrogens (primary N) is 1. The van der Waals surface area contributed by atoms with E-state index in [1.165, 1.54) is 19.3 Å². The van der Waals surface area contributed by atoms with Crippen molar-refractivity contribution >= 4 is 41.5 Å². The van der Waals surface area contributed by atoms with Crippen LogP contribution in [0.25, 0.3) is 10.9 Å². The number of fused-ring (bicyclic) bond motifs is 1. The summed E-state index contributed by atoms with van der Waals surface area (Å²) < 4.78 is 5.84. The number of benzene rings is 1. The van der Waals surface area contributed by atoms with E-state index in [1.807, 2.05) is 18.2 Å². The van der Waals surface area contributed by atoms with Gasteiger partial charge in [-0.2, -0.15) is 0 Å². The number of nitrogens with zero attached hydrogens (tertiary/aromatic N) is 3. The Balaban J connectivity index is 0.00000156. The Morgan fingerprint density at radius 2 is 2.00 bits per heavy atom. The Morgan fingerprint density at radius 3 is 2.72 bits per heavy atom. The summed E-state index contributed by atoms with van der Waals surface area (Å²) in [5.41, 5.74) is 6.66. The lowest BCUT2D eigenvalue weighted by molar-refractivity contribution is 0.0127. The van der Waals surface area contributed by atoms with Gasteiger partial charge in [-0.25, -0.2) is 9.97 Å². The topological polar surface area (TPSA) is 64.3 Å². The van der Waals surface area contributed by atoms with E-state index in [9.17, 15) is 0 Å². The van der Waals surface area contributed by atoms with Crippen LogP contribution in [-0.2, 0) is 11.2 Å². The molecule has 1 fully saturated rings. The molecule has 3 rings (SSSR count). The largest absolute Gasteiger partial charge is 0.378 e. The molecule has 2 aromatic rings. The van der Waals surface area contributed by atoms with Crippen molar-refractivity contribution in [2.75, 3.05) is 31.6 Å². The highest BCUT2D eigenvalue weighted by Crippen LogP contribution is 2.24. The van der Waals surface area contributed by atoms with Crippen LogP contribution in [0.4, 0.5) is 5.82 Å². The van der Waals surface area contributed by atoms with E-state index in [-0.39, 0.29) is 24.8 Å². The van der Waals surface area contributed by atoms with E-state index in [0.29, 0.717) is 19.1 Å². The van der Waals surface area contributed by atoms with E-state index >= 15 is 0 Å². The molecule has 2 heterocycles. The molecule has 5 nitrogen and oxygen atoms in total. The fourth-order valence-corrected chi connectivity index (χ4v) is 3.12. The predicted octanol–water partition coefficient (Wildman–Crippen LogP) is 3.37. The molecular weight excluding hydrogens is 359 g/mol. The van der Waals surface area contributed by atoms with Gasteiger partial charge in [0, 0.05) is 32.0 Å². The molecule has 0 amide bonds. The second-order valence-corrected chi connectivity index (χ2v) is 6.22. The summed E-state index contributed by atoms with van der Waals surface area (Å²) in [6, 6.07) is 8.18. The van der Waals surface area contributed by atoms with Gasteiger partial charge in [0.15, 0.2) is 0 Å². The zero-order valence-electron chi connectivity index (χ0n) is 14.7. The van der Waals surface area contributed by atoms with Gasteiger partial charge in [-0.1, -0.05) is 12.1 Å². The summed E-state index contributed by atoms with van der Waals surface area (Å²) in [6.07, 6.45) is 5.80. The Hall–Kier alpha value is -1.14. The number of hydrogen-bond acceptors (Lipinski definition) is 5. The quantitative estimate of drug-likeness (QED) is 0.824. The second-order valence-electron chi connectivity index (χ2n) is 6.22. The summed E-state index contributed by atoms with van der Waals surface area (Å²) in [4.78, 5) is 11.6. The standard InChI is InChI=1S/C18H26N4O.2ClH/c1-22(12-10-14-6-4-5-13-23-14)18-15-7-2-3-8-16(15)20-17(21-18)9-11-19;;/h2-3,7-8,14H,4-6,9-13,19H2,1H3;2*1H. The predicted molar refractivity (Wildman–Crippen MR) is 108 cm³/mol. The van der Waals surface area contributed by atoms with Gasteiger partial charge in [-0.3, -0.25) is 0 Å². The molecule has 2 N–H and O–H groups in total. The fraction of sp³-hybridized carbons (Fsp3) is 0.556. The summed E-state index contributed by atoms with van der Waals surface area (Å²) in [5.74, 6) is 1.82. The van der Waals surface area contributed by atoms with E-state index < -0.39 is 0 Å². The maximum Gasteiger partial charge on any atom is 0.139 e. The van der Waals surface area contributed by atoms with Gasteiger partial charge in [0.1, 0.15) is 11.6 Å². The number of hydrogen-bond donors (Lipinski definition) is 1. The summed E-state index contributed by atoms with van der Waals surface area (Å²) in [7, 11) is 2.10. The van der Waals surface area contributed by atoms with Crippen LogP contribution in [0.3, 0.4) is 0 Å². The highest BCUT2D eigenvalue weighted by Gasteiger charge is 2.16. The number of rotatable bonds is 6. The van der Waals surface area contributed by atoms with Crippen LogP contribution in [-0.4, -0.2) is 42.8 Å². The molecule has 1 saturated heterocycles. The van der Waals surface area contributed by atoms with Gasteiger partial charge < -0.3 is 15.4 Å².